The molecule has 4 unspecified atom stereocenters. The minimum absolute atomic E-state index is 0.118. The van der Waals surface area contributed by atoms with Crippen LogP contribution in [0.3, 0.4) is 0 Å². The maximum Gasteiger partial charge on any atom is 0.310 e. The zero-order chi connectivity index (χ0) is 23.5. The monoisotopic (exact) mass is 460 g/mol. The Morgan fingerprint density at radius 1 is 0.606 bits per heavy atom. The molecule has 0 heterocycles. The van der Waals surface area contributed by atoms with Crippen LogP contribution < -0.4 is 0 Å². The van der Waals surface area contributed by atoms with Crippen molar-refractivity contribution in [2.45, 2.75) is 98.3 Å². The van der Waals surface area contributed by atoms with Crippen molar-refractivity contribution in [1.82, 2.24) is 0 Å². The molecule has 0 aromatic carbocycles. The predicted molar refractivity (Wildman–Crippen MR) is 130 cm³/mol. The Hall–Kier alpha value is -1.06. The molecule has 4 aliphatic rings. The first kappa shape index (κ1) is 25.0. The van der Waals surface area contributed by atoms with Gasteiger partial charge in [0, 0.05) is 0 Å². The highest BCUT2D eigenvalue weighted by Gasteiger charge is 2.55. The fraction of sp³-hybridized carbons (Fsp3) is 0.931. The molecule has 4 fully saturated rings. The summed E-state index contributed by atoms with van der Waals surface area (Å²) >= 11 is 0. The molecule has 0 N–H and O–H groups in total. The van der Waals surface area contributed by atoms with E-state index in [-0.39, 0.29) is 23.8 Å². The van der Waals surface area contributed by atoms with E-state index in [1.54, 1.807) is 0 Å². The summed E-state index contributed by atoms with van der Waals surface area (Å²) in [5, 5.41) is 0. The lowest BCUT2D eigenvalue weighted by molar-refractivity contribution is -0.165. The zero-order valence-electron chi connectivity index (χ0n) is 21.6. The highest BCUT2D eigenvalue weighted by Crippen LogP contribution is 2.53. The Kier molecular flexibility index (Phi) is 8.44. The summed E-state index contributed by atoms with van der Waals surface area (Å²) < 4.78 is 11.8. The minimum atomic E-state index is -0.264. The molecule has 188 valence electrons. The largest absolute Gasteiger partial charge is 0.465 e. The molecule has 0 radical (unpaired) electrons. The molecule has 33 heavy (non-hydrogen) atoms. The highest BCUT2D eigenvalue weighted by molar-refractivity contribution is 5.83. The molecular weight excluding hydrogens is 412 g/mol. The lowest BCUT2D eigenvalue weighted by Crippen LogP contribution is -2.38. The second-order valence-electron chi connectivity index (χ2n) is 12.7. The van der Waals surface area contributed by atoms with Crippen LogP contribution in [0.5, 0.6) is 0 Å². The second kappa shape index (κ2) is 11.1. The third-order valence-electron chi connectivity index (χ3n) is 10.1. The van der Waals surface area contributed by atoms with Gasteiger partial charge in [0.1, 0.15) is 0 Å². The minimum Gasteiger partial charge on any atom is -0.465 e. The van der Waals surface area contributed by atoms with Crippen molar-refractivity contribution in [3.8, 4) is 0 Å². The van der Waals surface area contributed by atoms with Gasteiger partial charge in [-0.2, -0.15) is 0 Å². The summed E-state index contributed by atoms with van der Waals surface area (Å²) in [5.74, 6) is 4.00. The van der Waals surface area contributed by atoms with Crippen molar-refractivity contribution in [3.05, 3.63) is 0 Å². The molecule has 0 amide bonds. The molecule has 4 saturated carbocycles. The summed E-state index contributed by atoms with van der Waals surface area (Å²) in [6.07, 6.45) is 12.8. The van der Waals surface area contributed by atoms with Gasteiger partial charge in [0.25, 0.3) is 0 Å². The lowest BCUT2D eigenvalue weighted by Gasteiger charge is -2.33. The number of esters is 2. The van der Waals surface area contributed by atoms with E-state index in [4.69, 9.17) is 9.47 Å². The molecule has 0 saturated heterocycles. The number of ether oxygens (including phenoxy) is 2. The number of carbonyl (C=O) groups excluding carboxylic acids is 2. The molecule has 2 bridgehead atoms. The SMILES string of the molecule is CC(C)C1CCC(COC(=O)C2C3CCC(C3)C2C(=O)OCC2CCC(C(C)C)CC2)CC1. The van der Waals surface area contributed by atoms with Crippen LogP contribution in [0.25, 0.3) is 0 Å². The van der Waals surface area contributed by atoms with Crippen molar-refractivity contribution >= 4 is 11.9 Å². The van der Waals surface area contributed by atoms with Gasteiger partial charge in [-0.15, -0.1) is 0 Å². The normalized spacial score (nSPS) is 38.6. The van der Waals surface area contributed by atoms with Crippen LogP contribution in [0.15, 0.2) is 0 Å². The van der Waals surface area contributed by atoms with E-state index >= 15 is 0 Å². The lowest BCUT2D eigenvalue weighted by atomic mass is 9.77. The third-order valence-corrected chi connectivity index (χ3v) is 10.1. The van der Waals surface area contributed by atoms with Crippen molar-refractivity contribution in [2.75, 3.05) is 13.2 Å². The van der Waals surface area contributed by atoms with Gasteiger partial charge in [0.05, 0.1) is 25.0 Å². The molecule has 4 rings (SSSR count). The Balaban J connectivity index is 1.24. The van der Waals surface area contributed by atoms with E-state index in [1.807, 2.05) is 0 Å². The number of hydrogen-bond donors (Lipinski definition) is 0. The fourth-order valence-electron chi connectivity index (χ4n) is 7.61. The van der Waals surface area contributed by atoms with E-state index in [2.05, 4.69) is 27.7 Å². The van der Waals surface area contributed by atoms with Gasteiger partial charge in [-0.1, -0.05) is 27.7 Å². The van der Waals surface area contributed by atoms with Crippen LogP contribution >= 0.6 is 0 Å². The van der Waals surface area contributed by atoms with Crippen LogP contribution in [0.1, 0.15) is 98.3 Å². The first-order valence-electron chi connectivity index (χ1n) is 14.2. The van der Waals surface area contributed by atoms with Gasteiger partial charge < -0.3 is 9.47 Å². The molecule has 4 atom stereocenters. The first-order valence-corrected chi connectivity index (χ1v) is 14.2. The summed E-state index contributed by atoms with van der Waals surface area (Å²) in [5.41, 5.74) is 0. The number of hydrogen-bond acceptors (Lipinski definition) is 4. The smallest absolute Gasteiger partial charge is 0.310 e. The van der Waals surface area contributed by atoms with Gasteiger partial charge in [0.15, 0.2) is 0 Å². The van der Waals surface area contributed by atoms with Crippen molar-refractivity contribution in [1.29, 1.82) is 0 Å². The van der Waals surface area contributed by atoms with Crippen LogP contribution in [-0.2, 0) is 19.1 Å². The Labute approximate surface area is 201 Å². The van der Waals surface area contributed by atoms with Gasteiger partial charge in [-0.3, -0.25) is 9.59 Å². The summed E-state index contributed by atoms with van der Waals surface area (Å²) in [4.78, 5) is 26.3. The van der Waals surface area contributed by atoms with Crippen LogP contribution in [-0.4, -0.2) is 25.2 Å². The number of carbonyl (C=O) groups is 2. The van der Waals surface area contributed by atoms with Crippen molar-refractivity contribution < 1.29 is 19.1 Å². The molecular formula is C29H48O4. The molecule has 0 spiro atoms. The predicted octanol–water partition coefficient (Wildman–Crippen LogP) is 6.66. The fourth-order valence-corrected chi connectivity index (χ4v) is 7.61. The summed E-state index contributed by atoms with van der Waals surface area (Å²) in [6, 6.07) is 0. The zero-order valence-corrected chi connectivity index (χ0v) is 21.6. The third kappa shape index (κ3) is 5.96. The van der Waals surface area contributed by atoms with Gasteiger partial charge in [-0.05, 0) is 118 Å². The number of rotatable bonds is 8. The van der Waals surface area contributed by atoms with Crippen LogP contribution in [0.2, 0.25) is 0 Å². The summed E-state index contributed by atoms with van der Waals surface area (Å²) in [6.45, 7) is 10.3. The highest BCUT2D eigenvalue weighted by atomic mass is 16.5. The van der Waals surface area contributed by atoms with Crippen molar-refractivity contribution in [3.63, 3.8) is 0 Å². The summed E-state index contributed by atoms with van der Waals surface area (Å²) in [7, 11) is 0. The van der Waals surface area contributed by atoms with Gasteiger partial charge in [0.2, 0.25) is 0 Å². The van der Waals surface area contributed by atoms with Crippen LogP contribution in [0.4, 0.5) is 0 Å². The quantitative estimate of drug-likeness (QED) is 0.380. The standard InChI is InChI=1S/C29H48O4/c1-18(2)22-9-5-20(6-10-22)16-32-28(30)26-24-13-14-25(15-24)27(26)29(31)33-17-21-7-11-23(12-8-21)19(3)4/h18-27H,5-17H2,1-4H3. The van der Waals surface area contributed by atoms with E-state index < -0.39 is 0 Å². The topological polar surface area (TPSA) is 52.6 Å². The van der Waals surface area contributed by atoms with E-state index in [1.165, 1.54) is 25.7 Å². The first-order chi connectivity index (χ1) is 15.8. The molecule has 0 aromatic rings. The van der Waals surface area contributed by atoms with E-state index in [0.29, 0.717) is 36.9 Å². The van der Waals surface area contributed by atoms with Gasteiger partial charge in [-0.25, -0.2) is 0 Å². The maximum absolute atomic E-state index is 13.1. The maximum atomic E-state index is 13.1. The molecule has 4 nitrogen and oxygen atoms in total. The molecule has 0 aromatic heterocycles. The Bertz CT molecular complexity index is 599. The average molecular weight is 461 g/mol. The molecule has 0 aliphatic heterocycles. The number of fused-ring (bicyclic) bond motifs is 2. The molecule has 4 aliphatic carbocycles. The van der Waals surface area contributed by atoms with Crippen LogP contribution in [0, 0.1) is 59.2 Å². The second-order valence-corrected chi connectivity index (χ2v) is 12.7. The Morgan fingerprint density at radius 2 is 0.970 bits per heavy atom. The van der Waals surface area contributed by atoms with E-state index in [9.17, 15) is 9.59 Å². The Morgan fingerprint density at radius 3 is 1.30 bits per heavy atom. The molecule has 4 heteroatoms. The average Bonchev–Trinajstić information content (AvgIpc) is 3.43. The van der Waals surface area contributed by atoms with Crippen molar-refractivity contribution in [2.24, 2.45) is 59.2 Å². The van der Waals surface area contributed by atoms with E-state index in [0.717, 1.165) is 68.6 Å². The van der Waals surface area contributed by atoms with Gasteiger partial charge >= 0.3 is 11.9 Å².